The second kappa shape index (κ2) is 5.81. The van der Waals surface area contributed by atoms with E-state index in [-0.39, 0.29) is 0 Å². The standard InChI is InChI=1S/C11H14OS/c1-13-11-8-3-2-6-10(11)7-4-5-9-12/h2-3,6,8-9H,4-5,7H2,1H3. The molecule has 1 nitrogen and oxygen atoms in total. The largest absolute Gasteiger partial charge is 0.303 e. The second-order valence-electron chi connectivity index (χ2n) is 2.87. The van der Waals surface area contributed by atoms with Crippen molar-refractivity contribution in [2.24, 2.45) is 0 Å². The van der Waals surface area contributed by atoms with E-state index in [2.05, 4.69) is 30.5 Å². The van der Waals surface area contributed by atoms with Gasteiger partial charge in [0.15, 0.2) is 0 Å². The van der Waals surface area contributed by atoms with Crippen LogP contribution in [-0.2, 0) is 11.2 Å². The smallest absolute Gasteiger partial charge is 0.120 e. The maximum absolute atomic E-state index is 10.1. The molecule has 0 aromatic heterocycles. The van der Waals surface area contributed by atoms with Crippen LogP contribution in [0.1, 0.15) is 18.4 Å². The van der Waals surface area contributed by atoms with Gasteiger partial charge in [-0.2, -0.15) is 0 Å². The van der Waals surface area contributed by atoms with Gasteiger partial charge in [-0.05, 0) is 30.7 Å². The SMILES string of the molecule is CSc1ccccc1CCCC=O. The molecule has 0 aliphatic carbocycles. The first kappa shape index (κ1) is 10.3. The Labute approximate surface area is 83.5 Å². The molecule has 2 heteroatoms. The zero-order valence-corrected chi connectivity index (χ0v) is 8.64. The maximum atomic E-state index is 10.1. The molecular formula is C11H14OS. The third kappa shape index (κ3) is 3.23. The fraction of sp³-hybridized carbons (Fsp3) is 0.364. The van der Waals surface area contributed by atoms with Crippen molar-refractivity contribution in [3.63, 3.8) is 0 Å². The summed E-state index contributed by atoms with van der Waals surface area (Å²) in [5.41, 5.74) is 1.36. The molecule has 0 radical (unpaired) electrons. The molecule has 0 saturated heterocycles. The van der Waals surface area contributed by atoms with Gasteiger partial charge in [0, 0.05) is 11.3 Å². The number of hydrogen-bond acceptors (Lipinski definition) is 2. The van der Waals surface area contributed by atoms with Gasteiger partial charge in [-0.1, -0.05) is 18.2 Å². The van der Waals surface area contributed by atoms with Crippen LogP contribution >= 0.6 is 11.8 Å². The van der Waals surface area contributed by atoms with E-state index in [1.165, 1.54) is 10.5 Å². The highest BCUT2D eigenvalue weighted by atomic mass is 32.2. The first-order valence-electron chi connectivity index (χ1n) is 4.44. The molecule has 0 fully saturated rings. The van der Waals surface area contributed by atoms with Gasteiger partial charge in [0.25, 0.3) is 0 Å². The quantitative estimate of drug-likeness (QED) is 0.407. The number of aldehydes is 1. The lowest BCUT2D eigenvalue weighted by Crippen LogP contribution is -1.88. The normalized spacial score (nSPS) is 9.92. The van der Waals surface area contributed by atoms with E-state index in [0.29, 0.717) is 6.42 Å². The fourth-order valence-electron chi connectivity index (χ4n) is 1.29. The summed E-state index contributed by atoms with van der Waals surface area (Å²) in [5, 5.41) is 0. The molecule has 0 atom stereocenters. The number of rotatable bonds is 5. The third-order valence-corrected chi connectivity index (χ3v) is 2.80. The summed E-state index contributed by atoms with van der Waals surface area (Å²) < 4.78 is 0. The lowest BCUT2D eigenvalue weighted by Gasteiger charge is -2.04. The maximum Gasteiger partial charge on any atom is 0.120 e. The average Bonchev–Trinajstić information content (AvgIpc) is 2.19. The van der Waals surface area contributed by atoms with Crippen LogP contribution in [0.5, 0.6) is 0 Å². The highest BCUT2D eigenvalue weighted by molar-refractivity contribution is 7.98. The average molecular weight is 194 g/mol. The summed E-state index contributed by atoms with van der Waals surface area (Å²) >= 11 is 1.77. The van der Waals surface area contributed by atoms with Gasteiger partial charge in [0.05, 0.1) is 0 Å². The minimum absolute atomic E-state index is 0.669. The van der Waals surface area contributed by atoms with Gasteiger partial charge >= 0.3 is 0 Å². The van der Waals surface area contributed by atoms with Crippen molar-refractivity contribution < 1.29 is 4.79 Å². The molecule has 1 rings (SSSR count). The van der Waals surface area contributed by atoms with Crippen LogP contribution in [0.2, 0.25) is 0 Å². The molecule has 0 unspecified atom stereocenters. The van der Waals surface area contributed by atoms with Crippen molar-refractivity contribution in [2.75, 3.05) is 6.26 Å². The van der Waals surface area contributed by atoms with Crippen molar-refractivity contribution in [2.45, 2.75) is 24.2 Å². The van der Waals surface area contributed by atoms with E-state index in [9.17, 15) is 4.79 Å². The Bertz CT molecular complexity index is 271. The summed E-state index contributed by atoms with van der Waals surface area (Å²) in [6.45, 7) is 0. The molecule has 0 aliphatic rings. The summed E-state index contributed by atoms with van der Waals surface area (Å²) in [6.07, 6.45) is 5.71. The van der Waals surface area contributed by atoms with Crippen molar-refractivity contribution in [1.29, 1.82) is 0 Å². The molecule has 0 N–H and O–H groups in total. The molecule has 1 aromatic rings. The number of benzene rings is 1. The van der Waals surface area contributed by atoms with Crippen LogP contribution in [-0.4, -0.2) is 12.5 Å². The third-order valence-electron chi connectivity index (χ3n) is 1.96. The van der Waals surface area contributed by atoms with Gasteiger partial charge in [-0.3, -0.25) is 0 Å². The minimum Gasteiger partial charge on any atom is -0.303 e. The zero-order valence-electron chi connectivity index (χ0n) is 7.82. The predicted octanol–water partition coefficient (Wildman–Crippen LogP) is 2.93. The zero-order chi connectivity index (χ0) is 9.52. The van der Waals surface area contributed by atoms with Gasteiger partial charge < -0.3 is 4.79 Å². The summed E-state index contributed by atoms with van der Waals surface area (Å²) in [5.74, 6) is 0. The van der Waals surface area contributed by atoms with Gasteiger partial charge in [-0.15, -0.1) is 11.8 Å². The van der Waals surface area contributed by atoms with Crippen LogP contribution in [0, 0.1) is 0 Å². The van der Waals surface area contributed by atoms with E-state index >= 15 is 0 Å². The predicted molar refractivity (Wildman–Crippen MR) is 57.2 cm³/mol. The molecule has 0 bridgehead atoms. The Morgan fingerprint density at radius 3 is 2.85 bits per heavy atom. The van der Waals surface area contributed by atoms with Crippen LogP contribution in [0.3, 0.4) is 0 Å². The van der Waals surface area contributed by atoms with Crippen molar-refractivity contribution >= 4 is 18.0 Å². The van der Waals surface area contributed by atoms with E-state index in [1.807, 2.05) is 0 Å². The number of unbranched alkanes of at least 4 members (excludes halogenated alkanes) is 1. The number of hydrogen-bond donors (Lipinski definition) is 0. The highest BCUT2D eigenvalue weighted by Crippen LogP contribution is 2.21. The molecule has 1 aromatic carbocycles. The van der Waals surface area contributed by atoms with E-state index in [0.717, 1.165) is 19.1 Å². The first-order chi connectivity index (χ1) is 6.38. The molecule has 0 spiro atoms. The van der Waals surface area contributed by atoms with Crippen LogP contribution in [0.4, 0.5) is 0 Å². The van der Waals surface area contributed by atoms with Crippen LogP contribution in [0.15, 0.2) is 29.2 Å². The van der Waals surface area contributed by atoms with Crippen molar-refractivity contribution in [3.05, 3.63) is 29.8 Å². The van der Waals surface area contributed by atoms with Gasteiger partial charge in [-0.25, -0.2) is 0 Å². The first-order valence-corrected chi connectivity index (χ1v) is 5.66. The van der Waals surface area contributed by atoms with Gasteiger partial charge in [0.1, 0.15) is 6.29 Å². The molecular weight excluding hydrogens is 180 g/mol. The van der Waals surface area contributed by atoms with Gasteiger partial charge in [0.2, 0.25) is 0 Å². The van der Waals surface area contributed by atoms with Crippen LogP contribution < -0.4 is 0 Å². The molecule has 70 valence electrons. The van der Waals surface area contributed by atoms with E-state index in [4.69, 9.17) is 0 Å². The summed E-state index contributed by atoms with van der Waals surface area (Å²) in [7, 11) is 0. The molecule has 0 saturated carbocycles. The fourth-order valence-corrected chi connectivity index (χ4v) is 1.93. The summed E-state index contributed by atoms with van der Waals surface area (Å²) in [4.78, 5) is 11.5. The Kier molecular flexibility index (Phi) is 4.61. The minimum atomic E-state index is 0.669. The molecule has 0 heterocycles. The Morgan fingerprint density at radius 2 is 2.15 bits per heavy atom. The van der Waals surface area contributed by atoms with E-state index in [1.54, 1.807) is 11.8 Å². The van der Waals surface area contributed by atoms with E-state index < -0.39 is 0 Å². The Hall–Kier alpha value is -0.760. The highest BCUT2D eigenvalue weighted by Gasteiger charge is 1.98. The number of thioether (sulfide) groups is 1. The Balaban J connectivity index is 2.58. The monoisotopic (exact) mass is 194 g/mol. The number of carbonyl (C=O) groups is 1. The van der Waals surface area contributed by atoms with Crippen molar-refractivity contribution in [3.8, 4) is 0 Å². The Morgan fingerprint density at radius 1 is 1.38 bits per heavy atom. The lowest BCUT2D eigenvalue weighted by atomic mass is 10.1. The van der Waals surface area contributed by atoms with Crippen molar-refractivity contribution in [1.82, 2.24) is 0 Å². The number of aryl methyl sites for hydroxylation is 1. The molecule has 0 amide bonds. The lowest BCUT2D eigenvalue weighted by molar-refractivity contribution is -0.107. The number of carbonyl (C=O) groups excluding carboxylic acids is 1. The molecule has 0 aliphatic heterocycles. The second-order valence-corrected chi connectivity index (χ2v) is 3.72. The molecule has 13 heavy (non-hydrogen) atoms. The summed E-state index contributed by atoms with van der Waals surface area (Å²) in [6, 6.07) is 8.36. The van der Waals surface area contributed by atoms with Crippen LogP contribution in [0.25, 0.3) is 0 Å². The topological polar surface area (TPSA) is 17.1 Å².